The zero-order valence-electron chi connectivity index (χ0n) is 8.77. The Morgan fingerprint density at radius 1 is 1.41 bits per heavy atom. The highest BCUT2D eigenvalue weighted by Gasteiger charge is 2.32. The van der Waals surface area contributed by atoms with E-state index < -0.39 is 17.5 Å². The molecule has 0 unspecified atom stereocenters. The van der Waals surface area contributed by atoms with Crippen LogP contribution in [0.3, 0.4) is 0 Å². The lowest BCUT2D eigenvalue weighted by atomic mass is 9.97. The Balaban J connectivity index is 3.49. The van der Waals surface area contributed by atoms with E-state index in [4.69, 9.17) is 0 Å². The summed E-state index contributed by atoms with van der Waals surface area (Å²) in [5.74, 6) is -0.489. The third kappa shape index (κ3) is 2.94. The summed E-state index contributed by atoms with van der Waals surface area (Å²) < 4.78 is 37.6. The van der Waals surface area contributed by atoms with Crippen LogP contribution in [-0.4, -0.2) is 17.4 Å². The van der Waals surface area contributed by atoms with Gasteiger partial charge >= 0.3 is 6.18 Å². The Labute approximate surface area is 104 Å². The molecular weight excluding hydrogens is 301 g/mol. The molecule has 0 heterocycles. The fourth-order valence-corrected chi connectivity index (χ4v) is 1.69. The lowest BCUT2D eigenvalue weighted by Crippen LogP contribution is -2.12. The molecule has 0 aliphatic heterocycles. The van der Waals surface area contributed by atoms with Crippen LogP contribution < -0.4 is 0 Å². The molecule has 0 bridgehead atoms. The Bertz CT molecular complexity index is 467. The first-order valence-corrected chi connectivity index (χ1v) is 5.69. The van der Waals surface area contributed by atoms with Gasteiger partial charge in [0.2, 0.25) is 0 Å². The van der Waals surface area contributed by atoms with Gasteiger partial charge in [-0.15, -0.1) is 0 Å². The molecule has 1 aromatic rings. The Kier molecular flexibility index (Phi) is 4.08. The number of hydrogen-bond acceptors (Lipinski definition) is 2. The first-order valence-electron chi connectivity index (χ1n) is 4.57. The van der Waals surface area contributed by atoms with Gasteiger partial charge in [0.1, 0.15) is 6.29 Å². The van der Waals surface area contributed by atoms with Gasteiger partial charge in [-0.2, -0.15) is 13.2 Å². The van der Waals surface area contributed by atoms with Gasteiger partial charge < -0.3 is 0 Å². The molecule has 92 valence electrons. The van der Waals surface area contributed by atoms with E-state index in [-0.39, 0.29) is 22.0 Å². The number of alkyl halides is 4. The van der Waals surface area contributed by atoms with Crippen LogP contribution in [0.4, 0.5) is 13.2 Å². The zero-order valence-corrected chi connectivity index (χ0v) is 10.4. The van der Waals surface area contributed by atoms with E-state index >= 15 is 0 Å². The average molecular weight is 309 g/mol. The van der Waals surface area contributed by atoms with Crippen molar-refractivity contribution in [2.45, 2.75) is 13.1 Å². The van der Waals surface area contributed by atoms with Gasteiger partial charge in [-0.3, -0.25) is 9.59 Å². The predicted octanol–water partition coefficient (Wildman–Crippen LogP) is 3.40. The largest absolute Gasteiger partial charge is 0.416 e. The second kappa shape index (κ2) is 5.00. The maximum Gasteiger partial charge on any atom is 0.416 e. The number of hydrogen-bond donors (Lipinski definition) is 0. The minimum absolute atomic E-state index is 0.0844. The number of Topliss-reactive ketones (excluding diaryl/α,β-unsaturated/α-hetero) is 1. The third-order valence-corrected chi connectivity index (χ3v) is 2.83. The van der Waals surface area contributed by atoms with Crippen LogP contribution >= 0.6 is 15.9 Å². The first-order chi connectivity index (χ1) is 7.81. The highest BCUT2D eigenvalue weighted by atomic mass is 79.9. The first kappa shape index (κ1) is 13.9. The van der Waals surface area contributed by atoms with E-state index in [1.807, 2.05) is 0 Å². The predicted molar refractivity (Wildman–Crippen MR) is 59.7 cm³/mol. The van der Waals surface area contributed by atoms with Gasteiger partial charge in [0.25, 0.3) is 0 Å². The molecule has 0 aromatic heterocycles. The number of carbonyl (C=O) groups is 2. The summed E-state index contributed by atoms with van der Waals surface area (Å²) >= 11 is 2.89. The summed E-state index contributed by atoms with van der Waals surface area (Å²) in [7, 11) is 0. The van der Waals surface area contributed by atoms with Crippen molar-refractivity contribution >= 4 is 28.0 Å². The Hall–Kier alpha value is -1.17. The summed E-state index contributed by atoms with van der Waals surface area (Å²) in [6, 6.07) is 1.51. The summed E-state index contributed by atoms with van der Waals surface area (Å²) in [4.78, 5) is 22.1. The van der Waals surface area contributed by atoms with Crippen molar-refractivity contribution in [1.82, 2.24) is 0 Å². The molecule has 0 fully saturated rings. The SMILES string of the molecule is Cc1c(C=O)cc(C(F)(F)F)cc1C(=O)CBr. The Morgan fingerprint density at radius 2 is 2.00 bits per heavy atom. The van der Waals surface area contributed by atoms with Crippen molar-refractivity contribution in [2.24, 2.45) is 0 Å². The van der Waals surface area contributed by atoms with Crippen molar-refractivity contribution in [1.29, 1.82) is 0 Å². The van der Waals surface area contributed by atoms with E-state index in [0.29, 0.717) is 6.29 Å². The minimum Gasteiger partial charge on any atom is -0.298 e. The number of halogens is 4. The molecule has 0 spiro atoms. The smallest absolute Gasteiger partial charge is 0.298 e. The molecule has 0 radical (unpaired) electrons. The van der Waals surface area contributed by atoms with Crippen LogP contribution in [0.25, 0.3) is 0 Å². The van der Waals surface area contributed by atoms with E-state index in [2.05, 4.69) is 15.9 Å². The Morgan fingerprint density at radius 3 is 2.41 bits per heavy atom. The van der Waals surface area contributed by atoms with Crippen LogP contribution in [0.2, 0.25) is 0 Å². The number of ketones is 1. The maximum absolute atomic E-state index is 12.5. The van der Waals surface area contributed by atoms with E-state index in [0.717, 1.165) is 12.1 Å². The van der Waals surface area contributed by atoms with E-state index in [1.165, 1.54) is 6.92 Å². The van der Waals surface area contributed by atoms with Crippen LogP contribution in [0.1, 0.15) is 31.8 Å². The van der Waals surface area contributed by atoms with E-state index in [1.54, 1.807) is 0 Å². The molecular formula is C11H8BrF3O2. The summed E-state index contributed by atoms with van der Waals surface area (Å²) in [5, 5.41) is -0.0898. The minimum atomic E-state index is -4.58. The standard InChI is InChI=1S/C11H8BrF3O2/c1-6-7(5-16)2-8(11(13,14)15)3-9(6)10(17)4-12/h2-3,5H,4H2,1H3. The molecule has 0 atom stereocenters. The summed E-state index contributed by atoms with van der Waals surface area (Å²) in [5.41, 5.74) is -0.935. The van der Waals surface area contributed by atoms with Crippen LogP contribution in [0, 0.1) is 6.92 Å². The monoisotopic (exact) mass is 308 g/mol. The van der Waals surface area contributed by atoms with Crippen molar-refractivity contribution in [2.75, 3.05) is 5.33 Å². The summed E-state index contributed by atoms with van der Waals surface area (Å²) in [6.45, 7) is 1.44. The fourth-order valence-electron chi connectivity index (χ4n) is 1.38. The number of aldehydes is 1. The number of rotatable bonds is 3. The van der Waals surface area contributed by atoms with Crippen molar-refractivity contribution in [3.8, 4) is 0 Å². The topological polar surface area (TPSA) is 34.1 Å². The van der Waals surface area contributed by atoms with Gasteiger partial charge in [-0.05, 0) is 24.6 Å². The highest BCUT2D eigenvalue weighted by molar-refractivity contribution is 9.09. The van der Waals surface area contributed by atoms with Gasteiger partial charge in [-0.25, -0.2) is 0 Å². The maximum atomic E-state index is 12.5. The molecule has 0 N–H and O–H groups in total. The van der Waals surface area contributed by atoms with Crippen LogP contribution in [0.15, 0.2) is 12.1 Å². The molecule has 0 aliphatic carbocycles. The molecule has 1 rings (SSSR count). The number of carbonyl (C=O) groups excluding carboxylic acids is 2. The number of benzene rings is 1. The second-order valence-electron chi connectivity index (χ2n) is 3.41. The van der Waals surface area contributed by atoms with E-state index in [9.17, 15) is 22.8 Å². The molecule has 2 nitrogen and oxygen atoms in total. The van der Waals surface area contributed by atoms with Gasteiger partial charge in [0.15, 0.2) is 5.78 Å². The molecule has 1 aromatic carbocycles. The van der Waals surface area contributed by atoms with Crippen LogP contribution in [0.5, 0.6) is 0 Å². The van der Waals surface area contributed by atoms with Crippen molar-refractivity contribution in [3.05, 3.63) is 34.4 Å². The lowest BCUT2D eigenvalue weighted by molar-refractivity contribution is -0.137. The lowest BCUT2D eigenvalue weighted by Gasteiger charge is -2.12. The van der Waals surface area contributed by atoms with Gasteiger partial charge in [0.05, 0.1) is 10.9 Å². The van der Waals surface area contributed by atoms with Crippen molar-refractivity contribution < 1.29 is 22.8 Å². The van der Waals surface area contributed by atoms with Gasteiger partial charge in [-0.1, -0.05) is 15.9 Å². The second-order valence-corrected chi connectivity index (χ2v) is 3.97. The molecule has 0 saturated carbocycles. The highest BCUT2D eigenvalue weighted by Crippen LogP contribution is 2.32. The molecule has 0 aliphatic rings. The summed E-state index contributed by atoms with van der Waals surface area (Å²) in [6.07, 6.45) is -4.26. The zero-order chi connectivity index (χ0) is 13.2. The molecule has 6 heteroatoms. The van der Waals surface area contributed by atoms with Crippen LogP contribution in [-0.2, 0) is 6.18 Å². The van der Waals surface area contributed by atoms with Crippen molar-refractivity contribution in [3.63, 3.8) is 0 Å². The average Bonchev–Trinajstić information content (AvgIpc) is 2.26. The molecule has 0 amide bonds. The molecule has 17 heavy (non-hydrogen) atoms. The normalized spacial score (nSPS) is 11.4. The quantitative estimate of drug-likeness (QED) is 0.487. The molecule has 0 saturated heterocycles. The third-order valence-electron chi connectivity index (χ3n) is 2.32. The van der Waals surface area contributed by atoms with Gasteiger partial charge in [0, 0.05) is 11.1 Å². The fraction of sp³-hybridized carbons (Fsp3) is 0.273.